The van der Waals surface area contributed by atoms with E-state index in [9.17, 15) is 26.4 Å². The fourth-order valence-electron chi connectivity index (χ4n) is 2.55. The van der Waals surface area contributed by atoms with Gasteiger partial charge in [-0.3, -0.25) is 4.79 Å². The molecule has 0 atom stereocenters. The van der Waals surface area contributed by atoms with Gasteiger partial charge in [0.1, 0.15) is 11.5 Å². The van der Waals surface area contributed by atoms with Gasteiger partial charge in [-0.1, -0.05) is 11.2 Å². The van der Waals surface area contributed by atoms with Crippen LogP contribution in [0.5, 0.6) is 0 Å². The van der Waals surface area contributed by atoms with E-state index in [0.29, 0.717) is 16.1 Å². The SMILES string of the molecule is Cc1cc(NC(=O)CN(Cc2ccco2)S(=O)(=O)c2cccc(C(F)(F)F)c2)no1. The maximum absolute atomic E-state index is 13.0. The van der Waals surface area contributed by atoms with E-state index in [1.54, 1.807) is 6.92 Å². The first-order valence-corrected chi connectivity index (χ1v) is 9.92. The van der Waals surface area contributed by atoms with Crippen LogP contribution < -0.4 is 5.32 Å². The number of aryl methyl sites for hydroxylation is 1. The lowest BCUT2D eigenvalue weighted by atomic mass is 10.2. The van der Waals surface area contributed by atoms with E-state index < -0.39 is 39.1 Å². The smallest absolute Gasteiger partial charge is 0.416 e. The Balaban J connectivity index is 1.89. The highest BCUT2D eigenvalue weighted by Gasteiger charge is 2.34. The summed E-state index contributed by atoms with van der Waals surface area (Å²) in [6.45, 7) is 0.548. The van der Waals surface area contributed by atoms with Crippen LogP contribution >= 0.6 is 0 Å². The number of alkyl halides is 3. The van der Waals surface area contributed by atoms with Crippen molar-refractivity contribution in [1.82, 2.24) is 9.46 Å². The number of aromatic nitrogens is 1. The molecule has 0 radical (unpaired) electrons. The van der Waals surface area contributed by atoms with Crippen LogP contribution in [0.4, 0.5) is 19.0 Å². The molecule has 0 aliphatic carbocycles. The Bertz CT molecular complexity index is 1120. The zero-order valence-corrected chi connectivity index (χ0v) is 16.3. The number of anilines is 1. The predicted molar refractivity (Wildman–Crippen MR) is 97.6 cm³/mol. The minimum atomic E-state index is -4.72. The van der Waals surface area contributed by atoms with Crippen molar-refractivity contribution in [1.29, 1.82) is 0 Å². The molecule has 160 valence electrons. The molecule has 0 unspecified atom stereocenters. The Morgan fingerprint density at radius 3 is 2.57 bits per heavy atom. The standard InChI is InChI=1S/C18H16F3N3O5S/c1-12-8-16(23-29-12)22-17(25)11-24(10-14-5-3-7-28-14)30(26,27)15-6-2-4-13(9-15)18(19,20)21/h2-9H,10-11H2,1H3,(H,22,23,25). The highest BCUT2D eigenvalue weighted by Crippen LogP contribution is 2.31. The van der Waals surface area contributed by atoms with Crippen molar-refractivity contribution in [2.75, 3.05) is 11.9 Å². The van der Waals surface area contributed by atoms with E-state index in [2.05, 4.69) is 10.5 Å². The second-order valence-electron chi connectivity index (χ2n) is 6.25. The van der Waals surface area contributed by atoms with Crippen LogP contribution in [0.2, 0.25) is 0 Å². The molecule has 1 aromatic carbocycles. The zero-order chi connectivity index (χ0) is 21.9. The number of nitrogens with one attached hydrogen (secondary N) is 1. The third-order valence-corrected chi connectivity index (χ3v) is 5.71. The number of hydrogen-bond donors (Lipinski definition) is 1. The van der Waals surface area contributed by atoms with Gasteiger partial charge in [0.25, 0.3) is 0 Å². The highest BCUT2D eigenvalue weighted by molar-refractivity contribution is 7.89. The number of amides is 1. The number of halogens is 3. The second kappa shape index (κ2) is 8.32. The minimum absolute atomic E-state index is 0.0758. The van der Waals surface area contributed by atoms with Gasteiger partial charge in [0.15, 0.2) is 5.82 Å². The molecule has 1 N–H and O–H groups in total. The van der Waals surface area contributed by atoms with Crippen molar-refractivity contribution >= 4 is 21.7 Å². The van der Waals surface area contributed by atoms with Crippen molar-refractivity contribution in [3.63, 3.8) is 0 Å². The van der Waals surface area contributed by atoms with E-state index in [1.807, 2.05) is 0 Å². The van der Waals surface area contributed by atoms with E-state index >= 15 is 0 Å². The van der Waals surface area contributed by atoms with Gasteiger partial charge < -0.3 is 14.3 Å². The summed E-state index contributed by atoms with van der Waals surface area (Å²) in [6, 6.07) is 7.71. The highest BCUT2D eigenvalue weighted by atomic mass is 32.2. The first-order valence-electron chi connectivity index (χ1n) is 8.48. The first kappa shape index (κ1) is 21.6. The van der Waals surface area contributed by atoms with Gasteiger partial charge in [0.2, 0.25) is 15.9 Å². The zero-order valence-electron chi connectivity index (χ0n) is 15.5. The lowest BCUT2D eigenvalue weighted by molar-refractivity contribution is -0.137. The summed E-state index contributed by atoms with van der Waals surface area (Å²) in [5, 5.41) is 5.95. The molecule has 0 fully saturated rings. The number of nitrogens with zero attached hydrogens (tertiary/aromatic N) is 2. The first-order chi connectivity index (χ1) is 14.1. The van der Waals surface area contributed by atoms with Gasteiger partial charge in [-0.25, -0.2) is 8.42 Å². The Hall–Kier alpha value is -3.12. The molecule has 0 aliphatic rings. The van der Waals surface area contributed by atoms with Crippen LogP contribution in [0.25, 0.3) is 0 Å². The molecule has 0 saturated carbocycles. The van der Waals surface area contributed by atoms with E-state index in [-0.39, 0.29) is 18.1 Å². The number of carbonyl (C=O) groups excluding carboxylic acids is 1. The molecule has 30 heavy (non-hydrogen) atoms. The lowest BCUT2D eigenvalue weighted by Crippen LogP contribution is -2.37. The Labute approximate surface area is 169 Å². The summed E-state index contributed by atoms with van der Waals surface area (Å²) in [4.78, 5) is 11.8. The van der Waals surface area contributed by atoms with Crippen molar-refractivity contribution in [2.45, 2.75) is 24.5 Å². The summed E-state index contributed by atoms with van der Waals surface area (Å²) in [7, 11) is -4.47. The van der Waals surface area contributed by atoms with Crippen LogP contribution in [0.15, 0.2) is 62.6 Å². The van der Waals surface area contributed by atoms with E-state index in [0.717, 1.165) is 18.2 Å². The number of rotatable bonds is 7. The predicted octanol–water partition coefficient (Wildman–Crippen LogP) is 3.42. The Morgan fingerprint density at radius 1 is 1.20 bits per heavy atom. The molecule has 0 spiro atoms. The maximum atomic E-state index is 13.0. The van der Waals surface area contributed by atoms with Gasteiger partial charge in [-0.05, 0) is 37.3 Å². The molecular weight excluding hydrogens is 427 g/mol. The van der Waals surface area contributed by atoms with E-state index in [4.69, 9.17) is 8.94 Å². The molecule has 2 heterocycles. The van der Waals surface area contributed by atoms with Crippen LogP contribution in [0.1, 0.15) is 17.1 Å². The fraction of sp³-hybridized carbons (Fsp3) is 0.222. The van der Waals surface area contributed by atoms with Gasteiger partial charge in [-0.15, -0.1) is 0 Å². The molecule has 3 rings (SSSR count). The molecule has 0 bridgehead atoms. The summed E-state index contributed by atoms with van der Waals surface area (Å²) >= 11 is 0. The quantitative estimate of drug-likeness (QED) is 0.600. The second-order valence-corrected chi connectivity index (χ2v) is 8.19. The molecule has 3 aromatic rings. The number of hydrogen-bond acceptors (Lipinski definition) is 6. The van der Waals surface area contributed by atoms with Crippen molar-refractivity contribution < 1.29 is 35.3 Å². The third kappa shape index (κ3) is 5.07. The van der Waals surface area contributed by atoms with Gasteiger partial charge in [0, 0.05) is 6.07 Å². The van der Waals surface area contributed by atoms with Crippen molar-refractivity contribution in [3.05, 3.63) is 65.8 Å². The third-order valence-electron chi connectivity index (χ3n) is 3.93. The largest absolute Gasteiger partial charge is 0.468 e. The topological polar surface area (TPSA) is 106 Å². The number of furan rings is 1. The normalized spacial score (nSPS) is 12.3. The molecule has 0 aliphatic heterocycles. The molecule has 0 saturated heterocycles. The Kier molecular flexibility index (Phi) is 5.99. The van der Waals surface area contributed by atoms with Crippen LogP contribution in [0.3, 0.4) is 0 Å². The maximum Gasteiger partial charge on any atom is 0.416 e. The summed E-state index contributed by atoms with van der Waals surface area (Å²) in [6.07, 6.45) is -3.41. The summed E-state index contributed by atoms with van der Waals surface area (Å²) < 4.78 is 75.8. The molecule has 12 heteroatoms. The number of sulfonamides is 1. The van der Waals surface area contributed by atoms with Crippen molar-refractivity contribution in [2.24, 2.45) is 0 Å². The summed E-state index contributed by atoms with van der Waals surface area (Å²) in [5.74, 6) is -0.0534. The Morgan fingerprint density at radius 2 is 1.97 bits per heavy atom. The lowest BCUT2D eigenvalue weighted by Gasteiger charge is -2.21. The van der Waals surface area contributed by atoms with Crippen molar-refractivity contribution in [3.8, 4) is 0 Å². The summed E-state index contributed by atoms with van der Waals surface area (Å²) in [5.41, 5.74) is -1.12. The molecule has 2 aromatic heterocycles. The minimum Gasteiger partial charge on any atom is -0.468 e. The van der Waals surface area contributed by atoms with Crippen LogP contribution in [0, 0.1) is 6.92 Å². The molecule has 8 nitrogen and oxygen atoms in total. The van der Waals surface area contributed by atoms with Gasteiger partial charge in [-0.2, -0.15) is 17.5 Å². The molecular formula is C18H16F3N3O5S. The number of carbonyl (C=O) groups is 1. The average molecular weight is 443 g/mol. The van der Waals surface area contributed by atoms with E-state index in [1.165, 1.54) is 24.5 Å². The van der Waals surface area contributed by atoms with Crippen LogP contribution in [-0.4, -0.2) is 30.3 Å². The average Bonchev–Trinajstić information content (AvgIpc) is 3.32. The van der Waals surface area contributed by atoms with Crippen LogP contribution in [-0.2, 0) is 27.5 Å². The fourth-order valence-corrected chi connectivity index (χ4v) is 3.96. The number of benzene rings is 1. The van der Waals surface area contributed by atoms with Gasteiger partial charge in [0.05, 0.1) is 29.8 Å². The molecule has 1 amide bonds. The monoisotopic (exact) mass is 443 g/mol. The van der Waals surface area contributed by atoms with Gasteiger partial charge >= 0.3 is 6.18 Å².